The highest BCUT2D eigenvalue weighted by Gasteiger charge is 2.34. The third kappa shape index (κ3) is 5.32. The van der Waals surface area contributed by atoms with Crippen LogP contribution in [-0.2, 0) is 30.3 Å². The number of amides is 1. The van der Waals surface area contributed by atoms with Gasteiger partial charge in [-0.2, -0.15) is 0 Å². The fraction of sp³-hybridized carbons (Fsp3) is 0.400. The van der Waals surface area contributed by atoms with Crippen molar-refractivity contribution in [2.45, 2.75) is 32.4 Å². The quantitative estimate of drug-likeness (QED) is 0.495. The van der Waals surface area contributed by atoms with Crippen LogP contribution in [0.5, 0.6) is 0 Å². The Hall–Kier alpha value is -2.87. The van der Waals surface area contributed by atoms with Crippen molar-refractivity contribution < 1.29 is 28.2 Å². The standard InChI is InChI=1S/C20H25FN2O5/c1-4-5-10-28-17-15(12-22-16(18(17)26-2)20(25)27-3)19(24)23-11-13-6-8-14(21)9-7-13/h6-9,12,17,22H,4-5,10-11H2,1-3H3,(H,23,24). The lowest BCUT2D eigenvalue weighted by molar-refractivity contribution is -0.137. The summed E-state index contributed by atoms with van der Waals surface area (Å²) < 4.78 is 29.0. The Balaban J connectivity index is 2.17. The minimum absolute atomic E-state index is 0.0848. The molecule has 0 aliphatic carbocycles. The first-order valence-electron chi connectivity index (χ1n) is 8.99. The highest BCUT2D eigenvalue weighted by Crippen LogP contribution is 2.25. The minimum atomic E-state index is -0.847. The van der Waals surface area contributed by atoms with Gasteiger partial charge in [-0.3, -0.25) is 4.79 Å². The molecule has 8 heteroatoms. The zero-order valence-electron chi connectivity index (χ0n) is 16.2. The molecule has 7 nitrogen and oxygen atoms in total. The molecule has 2 N–H and O–H groups in total. The number of dihydropyridines is 1. The van der Waals surface area contributed by atoms with E-state index in [0.29, 0.717) is 6.61 Å². The van der Waals surface area contributed by atoms with Gasteiger partial charge >= 0.3 is 5.97 Å². The van der Waals surface area contributed by atoms with Gasteiger partial charge in [-0.05, 0) is 24.1 Å². The van der Waals surface area contributed by atoms with E-state index in [-0.39, 0.29) is 29.4 Å². The van der Waals surface area contributed by atoms with Gasteiger partial charge in [-0.15, -0.1) is 0 Å². The molecule has 0 spiro atoms. The van der Waals surface area contributed by atoms with E-state index in [1.807, 2.05) is 6.92 Å². The number of rotatable bonds is 9. The van der Waals surface area contributed by atoms with Crippen LogP contribution in [0.3, 0.4) is 0 Å². The number of methoxy groups -OCH3 is 2. The molecule has 1 unspecified atom stereocenters. The summed E-state index contributed by atoms with van der Waals surface area (Å²) in [5, 5.41) is 5.52. The molecule has 0 bridgehead atoms. The van der Waals surface area contributed by atoms with Gasteiger partial charge in [-0.1, -0.05) is 25.5 Å². The number of halogens is 1. The molecule has 0 fully saturated rings. The van der Waals surface area contributed by atoms with Crippen LogP contribution in [-0.4, -0.2) is 38.8 Å². The maximum Gasteiger partial charge on any atom is 0.358 e. The van der Waals surface area contributed by atoms with E-state index in [1.165, 1.54) is 32.6 Å². The lowest BCUT2D eigenvalue weighted by Crippen LogP contribution is -2.39. The first-order chi connectivity index (χ1) is 13.5. The van der Waals surface area contributed by atoms with E-state index < -0.39 is 18.0 Å². The number of hydrogen-bond donors (Lipinski definition) is 2. The second kappa shape index (κ2) is 10.5. The molecule has 0 saturated heterocycles. The minimum Gasteiger partial charge on any atom is -0.495 e. The van der Waals surface area contributed by atoms with Gasteiger partial charge in [0, 0.05) is 19.4 Å². The monoisotopic (exact) mass is 392 g/mol. The number of carbonyl (C=O) groups is 2. The van der Waals surface area contributed by atoms with Crippen LogP contribution in [0.25, 0.3) is 0 Å². The molecule has 2 rings (SSSR count). The van der Waals surface area contributed by atoms with Crippen LogP contribution in [0.15, 0.2) is 47.5 Å². The SMILES string of the molecule is CCCCOC1C(C(=O)NCc2ccc(F)cc2)=CNC(C(=O)OC)=C1OC. The lowest BCUT2D eigenvalue weighted by atomic mass is 10.0. The summed E-state index contributed by atoms with van der Waals surface area (Å²) in [5.41, 5.74) is 1.10. The van der Waals surface area contributed by atoms with Crippen LogP contribution in [0, 0.1) is 5.82 Å². The average molecular weight is 392 g/mol. The van der Waals surface area contributed by atoms with Gasteiger partial charge in [-0.25, -0.2) is 9.18 Å². The Morgan fingerprint density at radius 3 is 2.54 bits per heavy atom. The van der Waals surface area contributed by atoms with Crippen molar-refractivity contribution in [2.75, 3.05) is 20.8 Å². The summed E-state index contributed by atoms with van der Waals surface area (Å²) in [6.45, 7) is 2.63. The van der Waals surface area contributed by atoms with E-state index in [9.17, 15) is 14.0 Å². The van der Waals surface area contributed by atoms with Gasteiger partial charge in [0.05, 0.1) is 19.8 Å². The molecule has 0 radical (unpaired) electrons. The molecule has 1 atom stereocenters. The molecule has 1 aliphatic heterocycles. The average Bonchev–Trinajstić information content (AvgIpc) is 2.72. The Bertz CT molecular complexity index is 758. The molecule has 1 heterocycles. The Labute approximate surface area is 163 Å². The van der Waals surface area contributed by atoms with Crippen LogP contribution >= 0.6 is 0 Å². The summed E-state index contributed by atoms with van der Waals surface area (Å²) in [7, 11) is 2.65. The highest BCUT2D eigenvalue weighted by molar-refractivity contribution is 5.97. The molecule has 0 saturated carbocycles. The van der Waals surface area contributed by atoms with E-state index in [0.717, 1.165) is 18.4 Å². The van der Waals surface area contributed by atoms with E-state index in [2.05, 4.69) is 10.6 Å². The normalized spacial score (nSPS) is 16.1. The van der Waals surface area contributed by atoms with Gasteiger partial charge in [0.1, 0.15) is 11.9 Å². The van der Waals surface area contributed by atoms with Crippen LogP contribution in [0.4, 0.5) is 4.39 Å². The van der Waals surface area contributed by atoms with Crippen molar-refractivity contribution in [3.63, 3.8) is 0 Å². The van der Waals surface area contributed by atoms with Gasteiger partial charge in [0.2, 0.25) is 0 Å². The zero-order valence-corrected chi connectivity index (χ0v) is 16.2. The molecular formula is C20H25FN2O5. The topological polar surface area (TPSA) is 85.9 Å². The highest BCUT2D eigenvalue weighted by atomic mass is 19.1. The van der Waals surface area contributed by atoms with Gasteiger partial charge in [0.25, 0.3) is 5.91 Å². The molecule has 28 heavy (non-hydrogen) atoms. The molecule has 1 amide bonds. The first-order valence-corrected chi connectivity index (χ1v) is 8.99. The van der Waals surface area contributed by atoms with Crippen molar-refractivity contribution in [2.24, 2.45) is 0 Å². The first kappa shape index (κ1) is 21.4. The third-order valence-electron chi connectivity index (χ3n) is 4.16. The smallest absolute Gasteiger partial charge is 0.358 e. The predicted octanol–water partition coefficient (Wildman–Crippen LogP) is 2.15. The van der Waals surface area contributed by atoms with Crippen molar-refractivity contribution >= 4 is 11.9 Å². The molecule has 1 aromatic carbocycles. The number of carbonyl (C=O) groups excluding carboxylic acids is 2. The number of ether oxygens (including phenoxy) is 3. The van der Waals surface area contributed by atoms with Gasteiger partial charge in [0.15, 0.2) is 11.5 Å². The Morgan fingerprint density at radius 2 is 1.93 bits per heavy atom. The van der Waals surface area contributed by atoms with Crippen LogP contribution in [0.2, 0.25) is 0 Å². The summed E-state index contributed by atoms with van der Waals surface area (Å²) in [4.78, 5) is 24.7. The number of unbranched alkanes of at least 4 members (excludes halogenated alkanes) is 1. The van der Waals surface area contributed by atoms with Crippen LogP contribution < -0.4 is 10.6 Å². The van der Waals surface area contributed by atoms with Crippen molar-refractivity contribution in [3.8, 4) is 0 Å². The van der Waals surface area contributed by atoms with Crippen molar-refractivity contribution in [1.82, 2.24) is 10.6 Å². The van der Waals surface area contributed by atoms with Gasteiger partial charge < -0.3 is 24.8 Å². The summed E-state index contributed by atoms with van der Waals surface area (Å²) >= 11 is 0. The largest absolute Gasteiger partial charge is 0.495 e. The third-order valence-corrected chi connectivity index (χ3v) is 4.16. The zero-order chi connectivity index (χ0) is 20.5. The number of hydrogen-bond acceptors (Lipinski definition) is 6. The molecule has 1 aromatic rings. The van der Waals surface area contributed by atoms with Crippen molar-refractivity contribution in [3.05, 3.63) is 58.9 Å². The van der Waals surface area contributed by atoms with E-state index in [1.54, 1.807) is 12.1 Å². The molecule has 152 valence electrons. The molecule has 0 aromatic heterocycles. The second-order valence-corrected chi connectivity index (χ2v) is 6.09. The van der Waals surface area contributed by atoms with E-state index in [4.69, 9.17) is 14.2 Å². The maximum absolute atomic E-state index is 13.0. The number of benzene rings is 1. The maximum atomic E-state index is 13.0. The fourth-order valence-corrected chi connectivity index (χ4v) is 2.62. The second-order valence-electron chi connectivity index (χ2n) is 6.09. The number of esters is 1. The summed E-state index contributed by atoms with van der Waals surface area (Å²) in [5.74, 6) is -1.18. The molecular weight excluding hydrogens is 367 g/mol. The lowest BCUT2D eigenvalue weighted by Gasteiger charge is -2.28. The van der Waals surface area contributed by atoms with Crippen LogP contribution in [0.1, 0.15) is 25.3 Å². The fourth-order valence-electron chi connectivity index (χ4n) is 2.62. The summed E-state index contributed by atoms with van der Waals surface area (Å²) in [6.07, 6.45) is 2.26. The van der Waals surface area contributed by atoms with E-state index >= 15 is 0 Å². The predicted molar refractivity (Wildman–Crippen MR) is 100 cm³/mol. The summed E-state index contributed by atoms with van der Waals surface area (Å²) in [6, 6.07) is 5.84. The Kier molecular flexibility index (Phi) is 8.01. The number of nitrogens with one attached hydrogen (secondary N) is 2. The van der Waals surface area contributed by atoms with Crippen molar-refractivity contribution in [1.29, 1.82) is 0 Å². The molecule has 1 aliphatic rings. The Morgan fingerprint density at radius 1 is 1.21 bits per heavy atom.